The molecule has 0 aromatic heterocycles. The van der Waals surface area contributed by atoms with Gasteiger partial charge in [0.2, 0.25) is 0 Å². The summed E-state index contributed by atoms with van der Waals surface area (Å²) in [5.74, 6) is 0. The smallest absolute Gasteiger partial charge is 0.0317 e. The van der Waals surface area contributed by atoms with Gasteiger partial charge in [0.05, 0.1) is 0 Å². The highest BCUT2D eigenvalue weighted by atomic mass is 14.9. The van der Waals surface area contributed by atoms with E-state index in [0.717, 1.165) is 0 Å². The molecule has 1 rings (SSSR count). The summed E-state index contributed by atoms with van der Waals surface area (Å²) < 4.78 is 0. The summed E-state index contributed by atoms with van der Waals surface area (Å²) >= 11 is 0. The molecule has 0 aliphatic heterocycles. The molecule has 0 fully saturated rings. The maximum atomic E-state index is 3.32. The van der Waals surface area contributed by atoms with Crippen molar-refractivity contribution in [2.75, 3.05) is 7.05 Å². The first-order chi connectivity index (χ1) is 5.88. The summed E-state index contributed by atoms with van der Waals surface area (Å²) in [4.78, 5) is 0. The Morgan fingerprint density at radius 2 is 1.92 bits per heavy atom. The lowest BCUT2D eigenvalue weighted by atomic mass is 10.0. The highest BCUT2D eigenvalue weighted by Gasteiger charge is 2.05. The zero-order chi connectivity index (χ0) is 8.81. The summed E-state index contributed by atoms with van der Waals surface area (Å²) in [6.45, 7) is 2.22. The van der Waals surface area contributed by atoms with Crippen LogP contribution in [0.15, 0.2) is 30.3 Å². The lowest BCUT2D eigenvalue weighted by Crippen LogP contribution is -2.15. The number of rotatable bonds is 4. The second-order valence-electron chi connectivity index (χ2n) is 3.04. The average Bonchev–Trinajstić information content (AvgIpc) is 2.15. The molecular weight excluding hydrogens is 146 g/mol. The summed E-state index contributed by atoms with van der Waals surface area (Å²) in [7, 11) is 2.02. The fraction of sp³-hybridized carbons (Fsp3) is 0.455. The molecule has 0 aliphatic rings. The third-order valence-electron chi connectivity index (χ3n) is 2.13. The zero-order valence-corrected chi connectivity index (χ0v) is 7.88. The van der Waals surface area contributed by atoms with E-state index in [1.807, 2.05) is 7.05 Å². The Balaban J connectivity index is 2.66. The number of hydrogen-bond donors (Lipinski definition) is 1. The van der Waals surface area contributed by atoms with E-state index in [0.29, 0.717) is 6.04 Å². The van der Waals surface area contributed by atoms with E-state index >= 15 is 0 Å². The molecular formula is C11H17N. The topological polar surface area (TPSA) is 12.0 Å². The van der Waals surface area contributed by atoms with Gasteiger partial charge < -0.3 is 5.32 Å². The predicted octanol–water partition coefficient (Wildman–Crippen LogP) is 2.75. The summed E-state index contributed by atoms with van der Waals surface area (Å²) in [6, 6.07) is 11.1. The van der Waals surface area contributed by atoms with Crippen LogP contribution in [-0.2, 0) is 0 Å². The minimum absolute atomic E-state index is 0.524. The highest BCUT2D eigenvalue weighted by Crippen LogP contribution is 2.16. The van der Waals surface area contributed by atoms with Gasteiger partial charge in [-0.25, -0.2) is 0 Å². The van der Waals surface area contributed by atoms with Crippen molar-refractivity contribution in [3.8, 4) is 0 Å². The first-order valence-corrected chi connectivity index (χ1v) is 4.60. The van der Waals surface area contributed by atoms with Gasteiger partial charge in [0.25, 0.3) is 0 Å². The van der Waals surface area contributed by atoms with Crippen LogP contribution < -0.4 is 5.32 Å². The largest absolute Gasteiger partial charge is 0.313 e. The number of benzene rings is 1. The van der Waals surface area contributed by atoms with Gasteiger partial charge in [-0.3, -0.25) is 0 Å². The van der Waals surface area contributed by atoms with Crippen molar-refractivity contribution < 1.29 is 0 Å². The molecule has 0 aliphatic carbocycles. The molecule has 1 aromatic carbocycles. The van der Waals surface area contributed by atoms with Gasteiger partial charge in [-0.2, -0.15) is 0 Å². The molecule has 0 spiro atoms. The van der Waals surface area contributed by atoms with Gasteiger partial charge in [0.1, 0.15) is 0 Å². The normalized spacial score (nSPS) is 12.8. The average molecular weight is 163 g/mol. The van der Waals surface area contributed by atoms with Gasteiger partial charge >= 0.3 is 0 Å². The van der Waals surface area contributed by atoms with Crippen molar-refractivity contribution in [3.63, 3.8) is 0 Å². The van der Waals surface area contributed by atoms with Crippen molar-refractivity contribution in [1.29, 1.82) is 0 Å². The Morgan fingerprint density at radius 3 is 2.42 bits per heavy atom. The summed E-state index contributed by atoms with van der Waals surface area (Å²) in [5, 5.41) is 3.32. The van der Waals surface area contributed by atoms with Crippen LogP contribution >= 0.6 is 0 Å². The van der Waals surface area contributed by atoms with Crippen LogP contribution in [0, 0.1) is 0 Å². The third kappa shape index (κ3) is 2.35. The Hall–Kier alpha value is -0.820. The van der Waals surface area contributed by atoms with Gasteiger partial charge in [0, 0.05) is 6.04 Å². The van der Waals surface area contributed by atoms with Crippen molar-refractivity contribution in [2.45, 2.75) is 25.8 Å². The molecule has 1 atom stereocenters. The van der Waals surface area contributed by atoms with Crippen LogP contribution in [0.4, 0.5) is 0 Å². The molecule has 12 heavy (non-hydrogen) atoms. The van der Waals surface area contributed by atoms with E-state index in [1.165, 1.54) is 18.4 Å². The van der Waals surface area contributed by atoms with Crippen LogP contribution in [0.1, 0.15) is 31.4 Å². The van der Waals surface area contributed by atoms with Crippen molar-refractivity contribution >= 4 is 0 Å². The van der Waals surface area contributed by atoms with Crippen molar-refractivity contribution in [1.82, 2.24) is 5.32 Å². The standard InChI is InChI=1S/C11H17N/c1-3-7-11(12-2)10-8-5-4-6-9-10/h4-6,8-9,11-12H,3,7H2,1-2H3/t11-/m1/s1. The molecule has 66 valence electrons. The van der Waals surface area contributed by atoms with Crippen LogP contribution in [0.3, 0.4) is 0 Å². The Bertz CT molecular complexity index is 206. The Kier molecular flexibility index (Phi) is 3.81. The Labute approximate surface area is 74.8 Å². The fourth-order valence-corrected chi connectivity index (χ4v) is 1.45. The van der Waals surface area contributed by atoms with Crippen LogP contribution in [0.5, 0.6) is 0 Å². The number of nitrogens with one attached hydrogen (secondary N) is 1. The first kappa shape index (κ1) is 9.27. The van der Waals surface area contributed by atoms with E-state index < -0.39 is 0 Å². The molecule has 0 saturated heterocycles. The lowest BCUT2D eigenvalue weighted by Gasteiger charge is -2.14. The maximum absolute atomic E-state index is 3.32. The highest BCUT2D eigenvalue weighted by molar-refractivity contribution is 5.18. The molecule has 0 bridgehead atoms. The second kappa shape index (κ2) is 4.94. The first-order valence-electron chi connectivity index (χ1n) is 4.60. The summed E-state index contributed by atoms with van der Waals surface area (Å²) in [5.41, 5.74) is 1.39. The monoisotopic (exact) mass is 163 g/mol. The lowest BCUT2D eigenvalue weighted by molar-refractivity contribution is 0.541. The molecule has 0 unspecified atom stereocenters. The van der Waals surface area contributed by atoms with Gasteiger partial charge in [-0.05, 0) is 19.0 Å². The van der Waals surface area contributed by atoms with Crippen LogP contribution in [0.25, 0.3) is 0 Å². The molecule has 1 N–H and O–H groups in total. The SMILES string of the molecule is CCC[C@@H](NC)c1ccccc1. The van der Waals surface area contributed by atoms with Gasteiger partial charge in [-0.15, -0.1) is 0 Å². The number of hydrogen-bond acceptors (Lipinski definition) is 1. The van der Waals surface area contributed by atoms with Crippen molar-refractivity contribution in [3.05, 3.63) is 35.9 Å². The molecule has 0 amide bonds. The molecule has 1 nitrogen and oxygen atoms in total. The Morgan fingerprint density at radius 1 is 1.25 bits per heavy atom. The predicted molar refractivity (Wildman–Crippen MR) is 53.2 cm³/mol. The minimum Gasteiger partial charge on any atom is -0.313 e. The molecule has 0 saturated carbocycles. The van der Waals surface area contributed by atoms with Crippen molar-refractivity contribution in [2.24, 2.45) is 0 Å². The molecule has 0 heterocycles. The van der Waals surface area contributed by atoms with Crippen LogP contribution in [-0.4, -0.2) is 7.05 Å². The van der Waals surface area contributed by atoms with E-state index in [-0.39, 0.29) is 0 Å². The third-order valence-corrected chi connectivity index (χ3v) is 2.13. The fourth-order valence-electron chi connectivity index (χ4n) is 1.45. The minimum atomic E-state index is 0.524. The van der Waals surface area contributed by atoms with Gasteiger partial charge in [-0.1, -0.05) is 43.7 Å². The maximum Gasteiger partial charge on any atom is 0.0317 e. The van der Waals surface area contributed by atoms with E-state index in [2.05, 4.69) is 42.6 Å². The van der Waals surface area contributed by atoms with E-state index in [4.69, 9.17) is 0 Å². The molecule has 1 heteroatoms. The van der Waals surface area contributed by atoms with Crippen LogP contribution in [0.2, 0.25) is 0 Å². The molecule has 1 aromatic rings. The second-order valence-corrected chi connectivity index (χ2v) is 3.04. The quantitative estimate of drug-likeness (QED) is 0.719. The summed E-state index contributed by atoms with van der Waals surface area (Å²) in [6.07, 6.45) is 2.43. The van der Waals surface area contributed by atoms with E-state index in [1.54, 1.807) is 0 Å². The van der Waals surface area contributed by atoms with E-state index in [9.17, 15) is 0 Å². The van der Waals surface area contributed by atoms with Gasteiger partial charge in [0.15, 0.2) is 0 Å². The zero-order valence-electron chi connectivity index (χ0n) is 7.88. The molecule has 0 radical (unpaired) electrons.